The van der Waals surface area contributed by atoms with Crippen LogP contribution in [0.15, 0.2) is 17.6 Å². The van der Waals surface area contributed by atoms with Crippen molar-refractivity contribution in [3.63, 3.8) is 0 Å². The molecule has 0 aliphatic heterocycles. The molecule has 0 aliphatic carbocycles. The van der Waals surface area contributed by atoms with Crippen molar-refractivity contribution in [1.82, 2.24) is 14.8 Å². The van der Waals surface area contributed by atoms with Crippen LogP contribution < -0.4 is 11.1 Å². The van der Waals surface area contributed by atoms with E-state index in [2.05, 4.69) is 15.4 Å². The van der Waals surface area contributed by atoms with Crippen LogP contribution in [0.2, 0.25) is 0 Å². The number of primary amides is 1. The number of thiazole rings is 1. The molecule has 7 nitrogen and oxygen atoms in total. The van der Waals surface area contributed by atoms with Gasteiger partial charge in [-0.3, -0.25) is 14.3 Å². The van der Waals surface area contributed by atoms with Crippen molar-refractivity contribution in [1.29, 1.82) is 0 Å². The van der Waals surface area contributed by atoms with Crippen LogP contribution in [-0.2, 0) is 11.3 Å². The quantitative estimate of drug-likeness (QED) is 0.845. The number of nitrogens with zero attached hydrogens (tertiary/aromatic N) is 3. The molecule has 2 aromatic rings. The Balaban J connectivity index is 1.97. The Morgan fingerprint density at radius 2 is 2.24 bits per heavy atom. The molecule has 8 heteroatoms. The standard InChI is InChI=1S/C13H17N5O2S/c1-8(2)13-15-9(7-21-13)12(20)16-11-4-6-18(17-11)5-3-10(14)19/h4,6-8H,3,5H2,1-2H3,(H2,14,19)(H,16,17,20). The summed E-state index contributed by atoms with van der Waals surface area (Å²) in [5, 5.41) is 9.47. The molecule has 2 amide bonds. The Morgan fingerprint density at radius 3 is 2.86 bits per heavy atom. The minimum Gasteiger partial charge on any atom is -0.370 e. The van der Waals surface area contributed by atoms with Crippen molar-refractivity contribution in [2.75, 3.05) is 5.32 Å². The summed E-state index contributed by atoms with van der Waals surface area (Å²) in [6, 6.07) is 1.66. The summed E-state index contributed by atoms with van der Waals surface area (Å²) in [6.45, 7) is 4.45. The highest BCUT2D eigenvalue weighted by Gasteiger charge is 2.13. The summed E-state index contributed by atoms with van der Waals surface area (Å²) in [4.78, 5) is 27.0. The van der Waals surface area contributed by atoms with E-state index in [1.54, 1.807) is 22.3 Å². The fourth-order valence-corrected chi connectivity index (χ4v) is 2.43. The number of aryl methyl sites for hydroxylation is 1. The first-order valence-corrected chi connectivity index (χ1v) is 7.42. The average molecular weight is 307 g/mol. The lowest BCUT2D eigenvalue weighted by Crippen LogP contribution is -2.15. The van der Waals surface area contributed by atoms with Gasteiger partial charge in [0.1, 0.15) is 5.69 Å². The molecule has 2 rings (SSSR count). The molecule has 0 aromatic carbocycles. The Bertz CT molecular complexity index is 647. The zero-order valence-corrected chi connectivity index (χ0v) is 12.7. The van der Waals surface area contributed by atoms with Gasteiger partial charge < -0.3 is 11.1 Å². The lowest BCUT2D eigenvalue weighted by Gasteiger charge is -2.00. The van der Waals surface area contributed by atoms with Gasteiger partial charge in [0.15, 0.2) is 5.82 Å². The van der Waals surface area contributed by atoms with E-state index in [9.17, 15) is 9.59 Å². The number of hydrogen-bond donors (Lipinski definition) is 2. The topological polar surface area (TPSA) is 103 Å². The molecule has 3 N–H and O–H groups in total. The van der Waals surface area contributed by atoms with E-state index < -0.39 is 0 Å². The largest absolute Gasteiger partial charge is 0.370 e. The molecule has 2 heterocycles. The average Bonchev–Trinajstić information content (AvgIpc) is 3.05. The number of hydrogen-bond acceptors (Lipinski definition) is 5. The molecule has 0 fully saturated rings. The fourth-order valence-electron chi connectivity index (χ4n) is 1.62. The van der Waals surface area contributed by atoms with Crippen LogP contribution >= 0.6 is 11.3 Å². The number of amides is 2. The van der Waals surface area contributed by atoms with Crippen LogP contribution in [0.1, 0.15) is 41.7 Å². The summed E-state index contributed by atoms with van der Waals surface area (Å²) < 4.78 is 1.56. The van der Waals surface area contributed by atoms with Crippen LogP contribution in [0.25, 0.3) is 0 Å². The minimum absolute atomic E-state index is 0.207. The molecule has 0 saturated carbocycles. The summed E-state index contributed by atoms with van der Waals surface area (Å²) in [7, 11) is 0. The number of anilines is 1. The minimum atomic E-state index is -0.389. The summed E-state index contributed by atoms with van der Waals surface area (Å²) >= 11 is 1.46. The zero-order chi connectivity index (χ0) is 15.4. The van der Waals surface area contributed by atoms with Crippen LogP contribution in [-0.4, -0.2) is 26.6 Å². The summed E-state index contributed by atoms with van der Waals surface area (Å²) in [5.74, 6) is 0.0335. The molecule has 21 heavy (non-hydrogen) atoms. The second kappa shape index (κ2) is 6.49. The van der Waals surface area contributed by atoms with Gasteiger partial charge in [-0.25, -0.2) is 4.98 Å². The summed E-state index contributed by atoms with van der Waals surface area (Å²) in [6.07, 6.45) is 1.89. The first-order chi connectivity index (χ1) is 9.95. The Kier molecular flexibility index (Phi) is 4.69. The Labute approximate surface area is 126 Å². The van der Waals surface area contributed by atoms with Gasteiger partial charge in [-0.15, -0.1) is 11.3 Å². The van der Waals surface area contributed by atoms with E-state index in [4.69, 9.17) is 5.73 Å². The smallest absolute Gasteiger partial charge is 0.276 e. The predicted molar refractivity (Wildman–Crippen MR) is 80.2 cm³/mol. The van der Waals surface area contributed by atoms with E-state index in [1.807, 2.05) is 13.8 Å². The summed E-state index contributed by atoms with van der Waals surface area (Å²) in [5.41, 5.74) is 5.46. The highest BCUT2D eigenvalue weighted by Crippen LogP contribution is 2.19. The molecule has 0 saturated heterocycles. The monoisotopic (exact) mass is 307 g/mol. The zero-order valence-electron chi connectivity index (χ0n) is 11.9. The van der Waals surface area contributed by atoms with E-state index in [0.717, 1.165) is 5.01 Å². The van der Waals surface area contributed by atoms with Gasteiger partial charge in [-0.05, 0) is 0 Å². The number of nitrogens with two attached hydrogens (primary N) is 1. The molecule has 0 aliphatic rings. The molecular weight excluding hydrogens is 290 g/mol. The normalized spacial score (nSPS) is 10.8. The SMILES string of the molecule is CC(C)c1nc(C(=O)Nc2ccn(CCC(N)=O)n2)cs1. The number of carbonyl (C=O) groups is 2. The maximum atomic E-state index is 12.0. The van der Waals surface area contributed by atoms with Crippen molar-refractivity contribution in [2.24, 2.45) is 5.73 Å². The molecule has 112 valence electrons. The van der Waals surface area contributed by atoms with Crippen LogP contribution in [0.4, 0.5) is 5.82 Å². The molecule has 0 atom stereocenters. The van der Waals surface area contributed by atoms with Crippen molar-refractivity contribution >= 4 is 29.0 Å². The third-order valence-corrected chi connectivity index (χ3v) is 3.86. The lowest BCUT2D eigenvalue weighted by molar-refractivity contribution is -0.118. The van der Waals surface area contributed by atoms with Gasteiger partial charge in [0.05, 0.1) is 5.01 Å². The Hall–Kier alpha value is -2.22. The van der Waals surface area contributed by atoms with Crippen LogP contribution in [0.5, 0.6) is 0 Å². The van der Waals surface area contributed by atoms with Gasteiger partial charge in [0.2, 0.25) is 5.91 Å². The predicted octanol–water partition coefficient (Wildman–Crippen LogP) is 1.59. The van der Waals surface area contributed by atoms with Gasteiger partial charge in [-0.1, -0.05) is 13.8 Å². The highest BCUT2D eigenvalue weighted by molar-refractivity contribution is 7.09. The molecule has 0 unspecified atom stereocenters. The number of carbonyl (C=O) groups excluding carboxylic acids is 2. The maximum absolute atomic E-state index is 12.0. The van der Waals surface area contributed by atoms with E-state index in [1.165, 1.54) is 11.3 Å². The third kappa shape index (κ3) is 4.12. The molecular formula is C13H17N5O2S. The van der Waals surface area contributed by atoms with Crippen molar-refractivity contribution in [3.05, 3.63) is 28.3 Å². The van der Waals surface area contributed by atoms with Crippen LogP contribution in [0, 0.1) is 0 Å². The highest BCUT2D eigenvalue weighted by atomic mass is 32.1. The molecule has 0 spiro atoms. The Morgan fingerprint density at radius 1 is 1.48 bits per heavy atom. The van der Waals surface area contributed by atoms with E-state index in [-0.39, 0.29) is 18.2 Å². The number of nitrogens with one attached hydrogen (secondary N) is 1. The van der Waals surface area contributed by atoms with Crippen molar-refractivity contribution in [3.8, 4) is 0 Å². The molecule has 0 bridgehead atoms. The molecule has 2 aromatic heterocycles. The number of aromatic nitrogens is 3. The molecule has 0 radical (unpaired) electrons. The van der Waals surface area contributed by atoms with Crippen molar-refractivity contribution < 1.29 is 9.59 Å². The number of rotatable bonds is 6. The first kappa shape index (κ1) is 15.2. The van der Waals surface area contributed by atoms with Crippen molar-refractivity contribution in [2.45, 2.75) is 32.7 Å². The van der Waals surface area contributed by atoms with Gasteiger partial charge in [0, 0.05) is 36.5 Å². The second-order valence-electron chi connectivity index (χ2n) is 4.86. The van der Waals surface area contributed by atoms with E-state index in [0.29, 0.717) is 24.0 Å². The second-order valence-corrected chi connectivity index (χ2v) is 5.75. The maximum Gasteiger partial charge on any atom is 0.276 e. The lowest BCUT2D eigenvalue weighted by atomic mass is 10.2. The van der Waals surface area contributed by atoms with Gasteiger partial charge in [0.25, 0.3) is 5.91 Å². The van der Waals surface area contributed by atoms with E-state index >= 15 is 0 Å². The third-order valence-electron chi connectivity index (χ3n) is 2.72. The van der Waals surface area contributed by atoms with Gasteiger partial charge >= 0.3 is 0 Å². The first-order valence-electron chi connectivity index (χ1n) is 6.54. The van der Waals surface area contributed by atoms with Gasteiger partial charge in [-0.2, -0.15) is 5.10 Å². The van der Waals surface area contributed by atoms with Crippen LogP contribution in [0.3, 0.4) is 0 Å². The fraction of sp³-hybridized carbons (Fsp3) is 0.385.